The van der Waals surface area contributed by atoms with Gasteiger partial charge in [-0.1, -0.05) is 0 Å². The summed E-state index contributed by atoms with van der Waals surface area (Å²) in [5.74, 6) is 0.451. The Bertz CT molecular complexity index is 653. The van der Waals surface area contributed by atoms with E-state index in [1.807, 2.05) is 0 Å². The molecule has 1 unspecified atom stereocenters. The molecule has 2 fully saturated rings. The number of sulfonamides is 1. The third-order valence-electron chi connectivity index (χ3n) is 4.28. The minimum atomic E-state index is -3.56. The van der Waals surface area contributed by atoms with Gasteiger partial charge in [-0.2, -0.15) is 0 Å². The van der Waals surface area contributed by atoms with E-state index in [4.69, 9.17) is 5.73 Å². The van der Waals surface area contributed by atoms with Gasteiger partial charge in [-0.05, 0) is 49.4 Å². The molecule has 1 amide bonds. The lowest BCUT2D eigenvalue weighted by Gasteiger charge is -2.18. The minimum Gasteiger partial charge on any atom is -0.329 e. The Balaban J connectivity index is 1.75. The fourth-order valence-electron chi connectivity index (χ4n) is 2.83. The molecular weight excluding hydrogens is 302 g/mol. The number of nitrogens with one attached hydrogen (secondary N) is 1. The highest BCUT2D eigenvalue weighted by Gasteiger charge is 2.33. The molecule has 1 aliphatic carbocycles. The van der Waals surface area contributed by atoms with Gasteiger partial charge in [0.1, 0.15) is 0 Å². The van der Waals surface area contributed by atoms with Gasteiger partial charge in [0.05, 0.1) is 4.90 Å². The molecule has 1 saturated carbocycles. The fourth-order valence-corrected chi connectivity index (χ4v) is 4.15. The first-order chi connectivity index (χ1) is 10.5. The maximum Gasteiger partial charge on any atom is 0.240 e. The zero-order valence-corrected chi connectivity index (χ0v) is 13.2. The Morgan fingerprint density at radius 3 is 2.45 bits per heavy atom. The number of hydrogen-bond donors (Lipinski definition) is 2. The van der Waals surface area contributed by atoms with E-state index < -0.39 is 10.0 Å². The van der Waals surface area contributed by atoms with Crippen molar-refractivity contribution < 1.29 is 13.2 Å². The van der Waals surface area contributed by atoms with Crippen LogP contribution in [0.3, 0.4) is 0 Å². The van der Waals surface area contributed by atoms with Crippen LogP contribution in [0.2, 0.25) is 0 Å². The van der Waals surface area contributed by atoms with Crippen LogP contribution in [0.25, 0.3) is 0 Å². The lowest BCUT2D eigenvalue weighted by Crippen LogP contribution is -2.41. The Kier molecular flexibility index (Phi) is 4.20. The number of benzene rings is 1. The molecule has 0 radical (unpaired) electrons. The maximum absolute atomic E-state index is 12.4. The first-order valence-electron chi connectivity index (χ1n) is 7.64. The number of amides is 1. The highest BCUT2D eigenvalue weighted by molar-refractivity contribution is 7.89. The molecule has 1 aromatic rings. The molecule has 1 aliphatic heterocycles. The number of nitrogens with zero attached hydrogens (tertiary/aromatic N) is 1. The van der Waals surface area contributed by atoms with Gasteiger partial charge in [0.25, 0.3) is 0 Å². The van der Waals surface area contributed by atoms with Crippen molar-refractivity contribution in [3.8, 4) is 0 Å². The van der Waals surface area contributed by atoms with Crippen LogP contribution in [0.15, 0.2) is 29.2 Å². The van der Waals surface area contributed by atoms with Gasteiger partial charge in [-0.25, -0.2) is 13.1 Å². The molecule has 2 aliphatic rings. The highest BCUT2D eigenvalue weighted by atomic mass is 32.2. The summed E-state index contributed by atoms with van der Waals surface area (Å²) in [5, 5.41) is 0. The predicted octanol–water partition coefficient (Wildman–Crippen LogP) is 0.829. The first-order valence-corrected chi connectivity index (χ1v) is 9.12. The van der Waals surface area contributed by atoms with Crippen molar-refractivity contribution in [3.05, 3.63) is 24.3 Å². The van der Waals surface area contributed by atoms with E-state index in [9.17, 15) is 13.2 Å². The molecule has 0 bridgehead atoms. The Morgan fingerprint density at radius 2 is 1.95 bits per heavy atom. The molecule has 1 heterocycles. The maximum atomic E-state index is 12.4. The molecule has 1 saturated heterocycles. The average Bonchev–Trinajstić information content (AvgIpc) is 3.26. The number of anilines is 1. The monoisotopic (exact) mass is 323 g/mol. The molecule has 120 valence electrons. The van der Waals surface area contributed by atoms with E-state index in [0.717, 1.165) is 24.9 Å². The van der Waals surface area contributed by atoms with Gasteiger partial charge in [0.2, 0.25) is 15.9 Å². The molecule has 0 spiro atoms. The van der Waals surface area contributed by atoms with E-state index in [-0.39, 0.29) is 16.8 Å². The molecule has 22 heavy (non-hydrogen) atoms. The van der Waals surface area contributed by atoms with Gasteiger partial charge >= 0.3 is 0 Å². The summed E-state index contributed by atoms with van der Waals surface area (Å²) < 4.78 is 27.5. The SMILES string of the molecule is NCC(NS(=O)(=O)c1ccc(N2CCCC2=O)cc1)C1CC1. The zero-order chi connectivity index (χ0) is 15.7. The summed E-state index contributed by atoms with van der Waals surface area (Å²) in [4.78, 5) is 13.6. The largest absolute Gasteiger partial charge is 0.329 e. The lowest BCUT2D eigenvalue weighted by atomic mass is 10.2. The number of carbonyl (C=O) groups is 1. The van der Waals surface area contributed by atoms with Crippen LogP contribution in [0.4, 0.5) is 5.69 Å². The third-order valence-corrected chi connectivity index (χ3v) is 5.79. The van der Waals surface area contributed by atoms with E-state index in [1.165, 1.54) is 0 Å². The highest BCUT2D eigenvalue weighted by Crippen LogP contribution is 2.33. The van der Waals surface area contributed by atoms with Crippen LogP contribution in [-0.4, -0.2) is 33.5 Å². The van der Waals surface area contributed by atoms with Crippen LogP contribution in [-0.2, 0) is 14.8 Å². The van der Waals surface area contributed by atoms with Crippen LogP contribution >= 0.6 is 0 Å². The standard InChI is InChI=1S/C15H21N3O3S/c16-10-14(11-3-4-11)17-22(20,21)13-7-5-12(6-8-13)18-9-1-2-15(18)19/h5-8,11,14,17H,1-4,9-10,16H2. The summed E-state index contributed by atoms with van der Waals surface area (Å²) in [6.45, 7) is 1.00. The molecule has 6 nitrogen and oxygen atoms in total. The van der Waals surface area contributed by atoms with E-state index >= 15 is 0 Å². The third kappa shape index (κ3) is 3.16. The lowest BCUT2D eigenvalue weighted by molar-refractivity contribution is -0.117. The van der Waals surface area contributed by atoms with Crippen molar-refractivity contribution in [2.45, 2.75) is 36.6 Å². The molecule has 3 N–H and O–H groups in total. The van der Waals surface area contributed by atoms with Crippen LogP contribution in [0.1, 0.15) is 25.7 Å². The summed E-state index contributed by atoms with van der Waals surface area (Å²) in [6.07, 6.45) is 3.46. The number of nitrogens with two attached hydrogens (primary N) is 1. The van der Waals surface area contributed by atoms with Gasteiger partial charge in [0.15, 0.2) is 0 Å². The van der Waals surface area contributed by atoms with Crippen molar-refractivity contribution in [3.63, 3.8) is 0 Å². The number of carbonyl (C=O) groups excluding carboxylic acids is 1. The second-order valence-electron chi connectivity index (χ2n) is 5.94. The number of rotatable bonds is 6. The molecule has 1 aromatic carbocycles. The smallest absolute Gasteiger partial charge is 0.240 e. The molecule has 0 aromatic heterocycles. The van der Waals surface area contributed by atoms with E-state index in [2.05, 4.69) is 4.72 Å². The summed E-state index contributed by atoms with van der Waals surface area (Å²) >= 11 is 0. The summed E-state index contributed by atoms with van der Waals surface area (Å²) in [5.41, 5.74) is 6.40. The Morgan fingerprint density at radius 1 is 1.27 bits per heavy atom. The molecule has 7 heteroatoms. The summed E-state index contributed by atoms with van der Waals surface area (Å²) in [7, 11) is -3.56. The van der Waals surface area contributed by atoms with Gasteiger partial charge < -0.3 is 10.6 Å². The van der Waals surface area contributed by atoms with Gasteiger partial charge in [-0.15, -0.1) is 0 Å². The van der Waals surface area contributed by atoms with E-state index in [0.29, 0.717) is 25.4 Å². The zero-order valence-electron chi connectivity index (χ0n) is 12.4. The van der Waals surface area contributed by atoms with Crippen molar-refractivity contribution in [1.82, 2.24) is 4.72 Å². The van der Waals surface area contributed by atoms with Crippen molar-refractivity contribution in [1.29, 1.82) is 0 Å². The van der Waals surface area contributed by atoms with Crippen LogP contribution < -0.4 is 15.4 Å². The quantitative estimate of drug-likeness (QED) is 0.811. The normalized spacial score (nSPS) is 20.4. The summed E-state index contributed by atoms with van der Waals surface area (Å²) in [6, 6.07) is 6.27. The van der Waals surface area contributed by atoms with Crippen molar-refractivity contribution in [2.24, 2.45) is 11.7 Å². The van der Waals surface area contributed by atoms with Crippen molar-refractivity contribution >= 4 is 21.6 Å². The second-order valence-corrected chi connectivity index (χ2v) is 7.66. The van der Waals surface area contributed by atoms with Crippen LogP contribution in [0, 0.1) is 5.92 Å². The van der Waals surface area contributed by atoms with Crippen molar-refractivity contribution in [2.75, 3.05) is 18.0 Å². The number of hydrogen-bond acceptors (Lipinski definition) is 4. The van der Waals surface area contributed by atoms with Crippen LogP contribution in [0.5, 0.6) is 0 Å². The molecule has 3 rings (SSSR count). The molecule has 1 atom stereocenters. The van der Waals surface area contributed by atoms with Gasteiger partial charge in [0, 0.05) is 31.2 Å². The minimum absolute atomic E-state index is 0.0886. The average molecular weight is 323 g/mol. The fraction of sp³-hybridized carbons (Fsp3) is 0.533. The molecular formula is C15H21N3O3S. The van der Waals surface area contributed by atoms with E-state index in [1.54, 1.807) is 29.2 Å². The first kappa shape index (κ1) is 15.5. The topological polar surface area (TPSA) is 92.5 Å². The Hall–Kier alpha value is -1.44. The second kappa shape index (κ2) is 5.98. The predicted molar refractivity (Wildman–Crippen MR) is 83.9 cm³/mol. The van der Waals surface area contributed by atoms with Gasteiger partial charge in [-0.3, -0.25) is 4.79 Å². The Labute approximate surface area is 130 Å².